The second kappa shape index (κ2) is 15.9. The molecule has 2 aliphatic heterocycles. The molecule has 0 spiro atoms. The number of aryl methyl sites for hydroxylation is 1. The summed E-state index contributed by atoms with van der Waals surface area (Å²) < 4.78 is 36.1. The summed E-state index contributed by atoms with van der Waals surface area (Å²) >= 11 is 0. The van der Waals surface area contributed by atoms with Crippen LogP contribution in [0.25, 0.3) is 11.0 Å². The van der Waals surface area contributed by atoms with Crippen molar-refractivity contribution in [3.05, 3.63) is 89.4 Å². The maximum absolute atomic E-state index is 14.1. The number of benzene rings is 3. The van der Waals surface area contributed by atoms with Crippen molar-refractivity contribution in [1.82, 2.24) is 19.4 Å². The average molecular weight is 738 g/mol. The Labute approximate surface area is 316 Å². The Morgan fingerprint density at radius 1 is 0.852 bits per heavy atom. The van der Waals surface area contributed by atoms with Gasteiger partial charge in [0, 0.05) is 43.2 Å². The second-order valence-electron chi connectivity index (χ2n) is 14.3. The molecule has 3 aromatic carbocycles. The number of carbonyl (C=O) groups is 1. The summed E-state index contributed by atoms with van der Waals surface area (Å²) in [5, 5.41) is 3.79. The van der Waals surface area contributed by atoms with Gasteiger partial charge in [0.05, 0.1) is 53.1 Å². The molecular formula is C42H51N5O7. The fourth-order valence-electron chi connectivity index (χ4n) is 8.11. The number of piperidine rings is 1. The molecule has 1 N–H and O–H groups in total. The monoisotopic (exact) mass is 737 g/mol. The molecule has 0 bridgehead atoms. The third kappa shape index (κ3) is 7.39. The lowest BCUT2D eigenvalue weighted by Crippen LogP contribution is -2.42. The molecule has 2 saturated heterocycles. The summed E-state index contributed by atoms with van der Waals surface area (Å²) in [5.41, 5.74) is 3.41. The Morgan fingerprint density at radius 2 is 1.57 bits per heavy atom. The van der Waals surface area contributed by atoms with Crippen molar-refractivity contribution in [2.75, 3.05) is 73.6 Å². The lowest BCUT2D eigenvalue weighted by molar-refractivity contribution is 0.0779. The molecule has 0 aliphatic carbocycles. The van der Waals surface area contributed by atoms with Gasteiger partial charge in [0.1, 0.15) is 11.5 Å². The van der Waals surface area contributed by atoms with Crippen LogP contribution in [-0.2, 0) is 12.0 Å². The molecule has 54 heavy (non-hydrogen) atoms. The molecule has 12 nitrogen and oxygen atoms in total. The molecule has 1 unspecified atom stereocenters. The molecule has 5 aromatic rings. The fourth-order valence-corrected chi connectivity index (χ4v) is 8.11. The highest BCUT2D eigenvalue weighted by Gasteiger charge is 2.42. The van der Waals surface area contributed by atoms with E-state index in [-0.39, 0.29) is 11.3 Å². The molecule has 1 amide bonds. The van der Waals surface area contributed by atoms with Crippen LogP contribution >= 0.6 is 0 Å². The van der Waals surface area contributed by atoms with Gasteiger partial charge in [-0.05, 0) is 93.2 Å². The molecule has 0 radical (unpaired) electrons. The van der Waals surface area contributed by atoms with E-state index in [1.807, 2.05) is 36.1 Å². The van der Waals surface area contributed by atoms with E-state index in [1.54, 1.807) is 47.7 Å². The Kier molecular flexibility index (Phi) is 10.9. The van der Waals surface area contributed by atoms with Gasteiger partial charge in [-0.25, -0.2) is 4.98 Å². The quantitative estimate of drug-likeness (QED) is 0.131. The minimum Gasteiger partial charge on any atom is -0.493 e. The van der Waals surface area contributed by atoms with Gasteiger partial charge in [0.25, 0.3) is 5.91 Å². The summed E-state index contributed by atoms with van der Waals surface area (Å²) in [5.74, 6) is 5.34. The van der Waals surface area contributed by atoms with Crippen molar-refractivity contribution >= 4 is 22.9 Å². The maximum Gasteiger partial charge on any atom is 0.254 e. The number of anilines is 1. The molecule has 12 heteroatoms. The number of ether oxygens (including phenoxy) is 5. The van der Waals surface area contributed by atoms with E-state index in [4.69, 9.17) is 33.1 Å². The number of furan rings is 1. The topological polar surface area (TPSA) is 113 Å². The van der Waals surface area contributed by atoms with E-state index in [0.29, 0.717) is 60.0 Å². The van der Waals surface area contributed by atoms with Crippen LogP contribution in [0.3, 0.4) is 0 Å². The van der Waals surface area contributed by atoms with E-state index < -0.39 is 0 Å². The first kappa shape index (κ1) is 37.0. The molecule has 286 valence electrons. The Bertz CT molecular complexity index is 2060. The van der Waals surface area contributed by atoms with Gasteiger partial charge < -0.3 is 47.8 Å². The molecule has 2 fully saturated rings. The second-order valence-corrected chi connectivity index (χ2v) is 14.3. The number of rotatable bonds is 14. The zero-order valence-corrected chi connectivity index (χ0v) is 32.1. The number of imidazole rings is 1. The number of aromatic nitrogens is 2. The van der Waals surface area contributed by atoms with Crippen LogP contribution in [0.2, 0.25) is 0 Å². The summed E-state index contributed by atoms with van der Waals surface area (Å²) in [7, 11) is 7.98. The zero-order chi connectivity index (χ0) is 37.8. The Balaban J connectivity index is 1.06. The van der Waals surface area contributed by atoms with Crippen molar-refractivity contribution in [2.24, 2.45) is 0 Å². The van der Waals surface area contributed by atoms with Crippen LogP contribution in [0.4, 0.5) is 5.95 Å². The van der Waals surface area contributed by atoms with Gasteiger partial charge in [-0.1, -0.05) is 18.2 Å². The van der Waals surface area contributed by atoms with Crippen LogP contribution in [0.5, 0.6) is 28.7 Å². The molecule has 1 atom stereocenters. The van der Waals surface area contributed by atoms with Crippen LogP contribution < -0.4 is 29.0 Å². The summed E-state index contributed by atoms with van der Waals surface area (Å²) in [6.45, 7) is 6.61. The van der Waals surface area contributed by atoms with Gasteiger partial charge in [-0.15, -0.1) is 0 Å². The first-order valence-corrected chi connectivity index (χ1v) is 18.6. The highest BCUT2D eigenvalue weighted by atomic mass is 16.5. The van der Waals surface area contributed by atoms with E-state index in [9.17, 15) is 4.79 Å². The Morgan fingerprint density at radius 3 is 2.24 bits per heavy atom. The normalized spacial score (nSPS) is 17.9. The van der Waals surface area contributed by atoms with Gasteiger partial charge in [0.2, 0.25) is 11.7 Å². The van der Waals surface area contributed by atoms with E-state index in [1.165, 1.54) is 0 Å². The first-order valence-electron chi connectivity index (χ1n) is 18.6. The maximum atomic E-state index is 14.1. The number of likely N-dealkylation sites (tertiary alicyclic amines) is 2. The van der Waals surface area contributed by atoms with Crippen LogP contribution in [-0.4, -0.2) is 99.6 Å². The van der Waals surface area contributed by atoms with E-state index in [0.717, 1.165) is 79.4 Å². The SMILES string of the molecule is COc1ccc(C2(CCN3CCC(Nc4nc5ccccc5n4Cc4ccc(C)o4)CC3)CCN(C(=O)c3cc(OC)c(OC)c(OC)c3)C2)cc1OC. The highest BCUT2D eigenvalue weighted by molar-refractivity contribution is 5.96. The van der Waals surface area contributed by atoms with Gasteiger partial charge >= 0.3 is 0 Å². The minimum absolute atomic E-state index is 0.0725. The predicted octanol–water partition coefficient (Wildman–Crippen LogP) is 6.78. The number of para-hydroxylation sites is 2. The van der Waals surface area contributed by atoms with Crippen LogP contribution in [0.1, 0.15) is 53.1 Å². The van der Waals surface area contributed by atoms with Crippen molar-refractivity contribution in [2.45, 2.75) is 50.6 Å². The smallest absolute Gasteiger partial charge is 0.254 e. The third-order valence-electron chi connectivity index (χ3n) is 11.1. The number of methoxy groups -OCH3 is 5. The first-order chi connectivity index (χ1) is 26.3. The molecular weight excluding hydrogens is 686 g/mol. The van der Waals surface area contributed by atoms with E-state index >= 15 is 0 Å². The van der Waals surface area contributed by atoms with Crippen molar-refractivity contribution in [3.8, 4) is 28.7 Å². The summed E-state index contributed by atoms with van der Waals surface area (Å²) in [4.78, 5) is 23.6. The molecule has 0 saturated carbocycles. The Hall–Kier alpha value is -5.36. The number of hydrogen-bond acceptors (Lipinski definition) is 10. The number of nitrogens with one attached hydrogen (secondary N) is 1. The standard InChI is InChI=1S/C42H51N5O7/c1-28-11-13-32(54-28)26-47-34-10-8-7-9-33(34)44-41(47)43-31-15-19-45(20-16-31)21-17-42(30-12-14-35(49-2)36(25-30)50-3)18-22-46(27-42)40(48)29-23-37(51-4)39(53-6)38(24-29)52-5/h7-14,23-25,31H,15-22,26-27H2,1-6H3,(H,43,44). The largest absolute Gasteiger partial charge is 0.493 e. The number of hydrogen-bond donors (Lipinski definition) is 1. The highest BCUT2D eigenvalue weighted by Crippen LogP contribution is 2.43. The fraction of sp³-hybridized carbons (Fsp3) is 0.429. The third-order valence-corrected chi connectivity index (χ3v) is 11.1. The zero-order valence-electron chi connectivity index (χ0n) is 32.1. The summed E-state index contributed by atoms with van der Waals surface area (Å²) in [6, 6.07) is 22.2. The molecule has 2 aromatic heterocycles. The van der Waals surface area contributed by atoms with Gasteiger partial charge in [-0.3, -0.25) is 4.79 Å². The molecule has 7 rings (SSSR count). The minimum atomic E-state index is -0.278. The number of amides is 1. The average Bonchev–Trinajstić information content (AvgIpc) is 3.93. The molecule has 4 heterocycles. The van der Waals surface area contributed by atoms with Crippen molar-refractivity contribution in [3.63, 3.8) is 0 Å². The molecule has 2 aliphatic rings. The lowest BCUT2D eigenvalue weighted by Gasteiger charge is -2.36. The number of nitrogens with zero attached hydrogens (tertiary/aromatic N) is 4. The predicted molar refractivity (Wildman–Crippen MR) is 208 cm³/mol. The number of carbonyl (C=O) groups excluding carboxylic acids is 1. The van der Waals surface area contributed by atoms with E-state index in [2.05, 4.69) is 45.1 Å². The summed E-state index contributed by atoms with van der Waals surface area (Å²) in [6.07, 6.45) is 3.70. The van der Waals surface area contributed by atoms with Crippen LogP contribution in [0, 0.1) is 6.92 Å². The lowest BCUT2D eigenvalue weighted by atomic mass is 9.76. The number of fused-ring (bicyclic) bond motifs is 1. The van der Waals surface area contributed by atoms with Crippen molar-refractivity contribution in [1.29, 1.82) is 0 Å². The van der Waals surface area contributed by atoms with Crippen molar-refractivity contribution < 1.29 is 32.9 Å². The van der Waals surface area contributed by atoms with Gasteiger partial charge in [-0.2, -0.15) is 0 Å². The van der Waals surface area contributed by atoms with Gasteiger partial charge in [0.15, 0.2) is 23.0 Å². The van der Waals surface area contributed by atoms with Crippen LogP contribution in [0.15, 0.2) is 71.1 Å².